The maximum atomic E-state index is 13.1. The van der Waals surface area contributed by atoms with Crippen LogP contribution in [0.5, 0.6) is 5.75 Å². The number of carbonyl (C=O) groups is 1. The van der Waals surface area contributed by atoms with Crippen molar-refractivity contribution in [2.45, 2.75) is 32.1 Å². The predicted octanol–water partition coefficient (Wildman–Crippen LogP) is 4.31. The third kappa shape index (κ3) is 3.17. The molecular formula is C24H23N3O2. The summed E-state index contributed by atoms with van der Waals surface area (Å²) in [5.74, 6) is 0.762. The Hall–Kier alpha value is -3.52. The van der Waals surface area contributed by atoms with Crippen LogP contribution in [-0.2, 0) is 4.79 Å². The molecule has 0 radical (unpaired) electrons. The monoisotopic (exact) mass is 385 g/mol. The Labute approximate surface area is 170 Å². The minimum atomic E-state index is -0.449. The van der Waals surface area contributed by atoms with Crippen LogP contribution < -0.4 is 15.4 Å². The summed E-state index contributed by atoms with van der Waals surface area (Å²) in [5, 5.41) is 10.0. The first-order chi connectivity index (χ1) is 14.0. The molecule has 5 nitrogen and oxygen atoms in total. The van der Waals surface area contributed by atoms with E-state index in [4.69, 9.17) is 10.5 Å². The van der Waals surface area contributed by atoms with Crippen LogP contribution in [-0.4, -0.2) is 12.9 Å². The molecule has 0 amide bonds. The first kappa shape index (κ1) is 18.8. The highest BCUT2D eigenvalue weighted by Gasteiger charge is 2.40. The molecule has 1 aliphatic heterocycles. The van der Waals surface area contributed by atoms with Crippen LogP contribution in [0, 0.1) is 18.3 Å². The number of nitrogens with two attached hydrogens (primary N) is 1. The molecule has 0 bridgehead atoms. The normalized spacial score (nSPS) is 19.1. The molecule has 0 saturated heterocycles. The third-order valence-corrected chi connectivity index (χ3v) is 5.62. The molecule has 1 atom stereocenters. The fraction of sp³-hybridized carbons (Fsp3) is 0.250. The van der Waals surface area contributed by atoms with Gasteiger partial charge < -0.3 is 10.5 Å². The highest BCUT2D eigenvalue weighted by molar-refractivity contribution is 6.01. The zero-order valence-electron chi connectivity index (χ0n) is 16.6. The van der Waals surface area contributed by atoms with Gasteiger partial charge in [0.05, 0.1) is 24.7 Å². The lowest BCUT2D eigenvalue weighted by Gasteiger charge is -2.39. The summed E-state index contributed by atoms with van der Waals surface area (Å²) < 4.78 is 5.26. The van der Waals surface area contributed by atoms with Gasteiger partial charge in [0.1, 0.15) is 11.6 Å². The Morgan fingerprint density at radius 3 is 2.59 bits per heavy atom. The highest BCUT2D eigenvalue weighted by Crippen LogP contribution is 2.46. The molecule has 1 heterocycles. The number of benzene rings is 2. The number of methoxy groups -OCH3 is 1. The molecule has 0 saturated carbocycles. The van der Waals surface area contributed by atoms with Gasteiger partial charge in [-0.05, 0) is 55.2 Å². The van der Waals surface area contributed by atoms with Crippen LogP contribution in [0.2, 0.25) is 0 Å². The van der Waals surface area contributed by atoms with Crippen molar-refractivity contribution >= 4 is 11.5 Å². The summed E-state index contributed by atoms with van der Waals surface area (Å²) in [5.41, 5.74) is 11.4. The number of Topliss-reactive ketones (excluding diaryl/α,β-unsaturated/α-hetero) is 1. The molecule has 1 aliphatic carbocycles. The number of nitrogens with zero attached hydrogens (tertiary/aromatic N) is 2. The average molecular weight is 385 g/mol. The standard InChI is InChI=1S/C24H23N3O2/c1-15-5-3-6-17(13-15)27-20-7-4-8-21(28)23(20)22(19(14-25)24(27)26)16-9-11-18(29-2)12-10-16/h3,5-6,9-13,22H,4,7-8,26H2,1-2H3/t22-/m1/s1. The quantitative estimate of drug-likeness (QED) is 0.852. The third-order valence-electron chi connectivity index (χ3n) is 5.62. The molecule has 0 fully saturated rings. The van der Waals surface area contributed by atoms with Gasteiger partial charge in [-0.1, -0.05) is 24.3 Å². The Balaban J connectivity index is 1.94. The number of hydrogen-bond donors (Lipinski definition) is 1. The number of allylic oxidation sites excluding steroid dienone is 3. The largest absolute Gasteiger partial charge is 0.497 e. The van der Waals surface area contributed by atoms with Gasteiger partial charge in [0, 0.05) is 23.4 Å². The Kier molecular flexibility index (Phi) is 4.85. The number of rotatable bonds is 3. The van der Waals surface area contributed by atoms with Crippen molar-refractivity contribution in [1.29, 1.82) is 5.26 Å². The SMILES string of the molecule is COc1ccc([C@@H]2C(C#N)=C(N)N(c3cccc(C)c3)C3=C2C(=O)CCC3)cc1. The van der Waals surface area contributed by atoms with Gasteiger partial charge in [0.25, 0.3) is 0 Å². The summed E-state index contributed by atoms with van der Waals surface area (Å²) in [6, 6.07) is 17.8. The van der Waals surface area contributed by atoms with E-state index in [0.29, 0.717) is 23.4 Å². The Bertz CT molecular complexity index is 1070. The van der Waals surface area contributed by atoms with E-state index >= 15 is 0 Å². The number of ether oxygens (including phenoxy) is 1. The predicted molar refractivity (Wildman–Crippen MR) is 112 cm³/mol. The molecule has 4 rings (SSSR count). The maximum Gasteiger partial charge on any atom is 0.161 e. The van der Waals surface area contributed by atoms with Crippen LogP contribution in [0.4, 0.5) is 5.69 Å². The number of aryl methyl sites for hydroxylation is 1. The van der Waals surface area contributed by atoms with Gasteiger partial charge in [-0.15, -0.1) is 0 Å². The number of nitriles is 1. The second-order valence-electron chi connectivity index (χ2n) is 7.43. The zero-order valence-corrected chi connectivity index (χ0v) is 16.6. The van der Waals surface area contributed by atoms with Crippen molar-refractivity contribution in [3.63, 3.8) is 0 Å². The highest BCUT2D eigenvalue weighted by atomic mass is 16.5. The molecule has 2 aliphatic rings. The van der Waals surface area contributed by atoms with E-state index in [0.717, 1.165) is 41.1 Å². The van der Waals surface area contributed by atoms with Crippen molar-refractivity contribution in [2.75, 3.05) is 12.0 Å². The van der Waals surface area contributed by atoms with Crippen molar-refractivity contribution in [2.24, 2.45) is 5.73 Å². The maximum absolute atomic E-state index is 13.1. The fourth-order valence-corrected chi connectivity index (χ4v) is 4.28. The van der Waals surface area contributed by atoms with Crippen LogP contribution >= 0.6 is 0 Å². The molecule has 2 N–H and O–H groups in total. The molecule has 5 heteroatoms. The Morgan fingerprint density at radius 1 is 1.17 bits per heavy atom. The molecule has 0 unspecified atom stereocenters. The Morgan fingerprint density at radius 2 is 1.93 bits per heavy atom. The summed E-state index contributed by atoms with van der Waals surface area (Å²) in [4.78, 5) is 15.0. The summed E-state index contributed by atoms with van der Waals surface area (Å²) in [6.07, 6.45) is 2.03. The van der Waals surface area contributed by atoms with Crippen molar-refractivity contribution < 1.29 is 9.53 Å². The van der Waals surface area contributed by atoms with Gasteiger partial charge in [0.15, 0.2) is 5.78 Å². The summed E-state index contributed by atoms with van der Waals surface area (Å²) in [6.45, 7) is 2.01. The lowest BCUT2D eigenvalue weighted by atomic mass is 9.75. The van der Waals surface area contributed by atoms with E-state index in [1.54, 1.807) is 7.11 Å². The molecule has 29 heavy (non-hydrogen) atoms. The molecule has 2 aromatic carbocycles. The van der Waals surface area contributed by atoms with Crippen molar-refractivity contribution in [3.05, 3.63) is 82.3 Å². The van der Waals surface area contributed by atoms with E-state index in [-0.39, 0.29) is 5.78 Å². The van der Waals surface area contributed by atoms with E-state index in [1.165, 1.54) is 0 Å². The number of ketones is 1. The van der Waals surface area contributed by atoms with Crippen LogP contribution in [0.1, 0.15) is 36.3 Å². The van der Waals surface area contributed by atoms with Crippen LogP contribution in [0.3, 0.4) is 0 Å². The van der Waals surface area contributed by atoms with Gasteiger partial charge in [-0.3, -0.25) is 9.69 Å². The van der Waals surface area contributed by atoms with Crippen molar-refractivity contribution in [1.82, 2.24) is 0 Å². The average Bonchev–Trinajstić information content (AvgIpc) is 2.73. The van der Waals surface area contributed by atoms with Gasteiger partial charge in [-0.25, -0.2) is 0 Å². The second kappa shape index (κ2) is 7.48. The number of anilines is 1. The number of hydrogen-bond acceptors (Lipinski definition) is 5. The topological polar surface area (TPSA) is 79.3 Å². The number of carbonyl (C=O) groups excluding carboxylic acids is 1. The molecule has 0 spiro atoms. The van der Waals surface area contributed by atoms with Crippen molar-refractivity contribution in [3.8, 4) is 11.8 Å². The minimum absolute atomic E-state index is 0.0879. The smallest absolute Gasteiger partial charge is 0.161 e. The zero-order chi connectivity index (χ0) is 20.5. The molecular weight excluding hydrogens is 362 g/mol. The van der Waals surface area contributed by atoms with Crippen LogP contribution in [0.15, 0.2) is 71.2 Å². The van der Waals surface area contributed by atoms with E-state index in [1.807, 2.05) is 60.4 Å². The van der Waals surface area contributed by atoms with E-state index in [9.17, 15) is 10.1 Å². The lowest BCUT2D eigenvalue weighted by molar-refractivity contribution is -0.116. The minimum Gasteiger partial charge on any atom is -0.497 e. The van der Waals surface area contributed by atoms with E-state index in [2.05, 4.69) is 6.07 Å². The summed E-state index contributed by atoms with van der Waals surface area (Å²) >= 11 is 0. The molecule has 2 aromatic rings. The fourth-order valence-electron chi connectivity index (χ4n) is 4.28. The summed E-state index contributed by atoms with van der Waals surface area (Å²) in [7, 11) is 1.61. The lowest BCUT2D eigenvalue weighted by Crippen LogP contribution is -2.38. The van der Waals surface area contributed by atoms with Gasteiger partial charge in [-0.2, -0.15) is 5.26 Å². The molecule has 0 aromatic heterocycles. The van der Waals surface area contributed by atoms with Gasteiger partial charge in [0.2, 0.25) is 0 Å². The van der Waals surface area contributed by atoms with E-state index < -0.39 is 5.92 Å². The van der Waals surface area contributed by atoms with Gasteiger partial charge >= 0.3 is 0 Å². The van der Waals surface area contributed by atoms with Crippen LogP contribution in [0.25, 0.3) is 0 Å². The first-order valence-corrected chi connectivity index (χ1v) is 9.72. The molecule has 146 valence electrons. The first-order valence-electron chi connectivity index (χ1n) is 9.72. The second-order valence-corrected chi connectivity index (χ2v) is 7.43.